The summed E-state index contributed by atoms with van der Waals surface area (Å²) in [5, 5.41) is 3.04. The highest BCUT2D eigenvalue weighted by Crippen LogP contribution is 2.25. The molecule has 3 amide bonds. The Bertz CT molecular complexity index is 1710. The van der Waals surface area contributed by atoms with Gasteiger partial charge in [0.15, 0.2) is 0 Å². The summed E-state index contributed by atoms with van der Waals surface area (Å²) in [5.41, 5.74) is 3.04. The van der Waals surface area contributed by atoms with Gasteiger partial charge in [0.05, 0.1) is 54.7 Å². The zero-order valence-corrected chi connectivity index (χ0v) is 25.3. The first-order valence-corrected chi connectivity index (χ1v) is 15.0. The Morgan fingerprint density at radius 2 is 1.91 bits per heavy atom. The number of amides is 3. The molecule has 1 fully saturated rings. The number of hydrogen-bond acceptors (Lipinski definition) is 8. The van der Waals surface area contributed by atoms with Gasteiger partial charge in [-0.3, -0.25) is 19.4 Å². The van der Waals surface area contributed by atoms with Crippen molar-refractivity contribution in [3.05, 3.63) is 83.9 Å². The molecule has 45 heavy (non-hydrogen) atoms. The Labute approximate surface area is 260 Å². The number of nitrogens with one attached hydrogen (secondary N) is 1. The van der Waals surface area contributed by atoms with Crippen LogP contribution in [-0.2, 0) is 32.2 Å². The lowest BCUT2D eigenvalue weighted by Gasteiger charge is -2.25. The highest BCUT2D eigenvalue weighted by Gasteiger charge is 2.37. The van der Waals surface area contributed by atoms with E-state index in [1.807, 2.05) is 55.5 Å². The highest BCUT2D eigenvalue weighted by atomic mass is 16.5. The summed E-state index contributed by atoms with van der Waals surface area (Å²) in [6, 6.07) is 16.5. The third-order valence-corrected chi connectivity index (χ3v) is 8.11. The number of rotatable bonds is 6. The van der Waals surface area contributed by atoms with Crippen molar-refractivity contribution in [2.24, 2.45) is 0 Å². The predicted molar refractivity (Wildman–Crippen MR) is 165 cm³/mol. The number of carbonyl (C=O) groups excluding carboxylic acids is 3. The minimum absolute atomic E-state index is 0.0394. The van der Waals surface area contributed by atoms with E-state index in [2.05, 4.69) is 19.9 Å². The van der Waals surface area contributed by atoms with Crippen LogP contribution >= 0.6 is 0 Å². The number of nitrogens with zero attached hydrogens (tertiary/aromatic N) is 5. The molecule has 0 spiro atoms. The molecule has 2 aliphatic heterocycles. The lowest BCUT2D eigenvalue weighted by Crippen LogP contribution is -2.49. The zero-order valence-electron chi connectivity index (χ0n) is 25.3. The van der Waals surface area contributed by atoms with Crippen LogP contribution in [0.4, 0.5) is 0 Å². The number of hydrogen-bond donors (Lipinski definition) is 1. The second-order valence-electron chi connectivity index (χ2n) is 11.2. The van der Waals surface area contributed by atoms with Crippen LogP contribution in [-0.4, -0.2) is 94.1 Å². The number of fused-ring (bicyclic) bond motifs is 6. The highest BCUT2D eigenvalue weighted by molar-refractivity contribution is 5.96. The van der Waals surface area contributed by atoms with E-state index in [-0.39, 0.29) is 50.4 Å². The van der Waals surface area contributed by atoms with Gasteiger partial charge in [-0.05, 0) is 42.8 Å². The summed E-state index contributed by atoms with van der Waals surface area (Å²) in [6.45, 7) is 3.55. The van der Waals surface area contributed by atoms with Gasteiger partial charge in [0.1, 0.15) is 17.3 Å². The van der Waals surface area contributed by atoms with Crippen molar-refractivity contribution in [3.8, 4) is 11.5 Å². The molecule has 1 N–H and O–H groups in total. The molecule has 234 valence electrons. The molecule has 0 saturated carbocycles. The van der Waals surface area contributed by atoms with Crippen LogP contribution in [0.3, 0.4) is 0 Å². The van der Waals surface area contributed by atoms with Crippen LogP contribution in [0.1, 0.15) is 28.2 Å². The topological polar surface area (TPSA) is 128 Å². The lowest BCUT2D eigenvalue weighted by atomic mass is 10.2. The van der Waals surface area contributed by atoms with E-state index >= 15 is 0 Å². The van der Waals surface area contributed by atoms with E-state index in [9.17, 15) is 14.4 Å². The Balaban J connectivity index is 1.22. The Kier molecular flexibility index (Phi) is 9.03. The first kappa shape index (κ1) is 30.2. The van der Waals surface area contributed by atoms with Crippen molar-refractivity contribution in [1.29, 1.82) is 0 Å². The van der Waals surface area contributed by atoms with Crippen LogP contribution < -0.4 is 10.1 Å². The Morgan fingerprint density at radius 3 is 2.78 bits per heavy atom. The van der Waals surface area contributed by atoms with Crippen molar-refractivity contribution >= 4 is 28.8 Å². The maximum Gasteiger partial charge on any atom is 0.256 e. The number of para-hydroxylation sites is 2. The fourth-order valence-corrected chi connectivity index (χ4v) is 5.82. The molecule has 12 heteroatoms. The summed E-state index contributed by atoms with van der Waals surface area (Å²) in [6.07, 6.45) is 2.80. The second-order valence-corrected chi connectivity index (χ2v) is 11.2. The molecule has 2 aliphatic rings. The Hall–Kier alpha value is -4.81. The smallest absolute Gasteiger partial charge is 0.256 e. The largest absolute Gasteiger partial charge is 0.456 e. The fourth-order valence-electron chi connectivity index (χ4n) is 5.82. The average molecular weight is 613 g/mol. The van der Waals surface area contributed by atoms with Crippen molar-refractivity contribution in [2.45, 2.75) is 38.6 Å². The van der Waals surface area contributed by atoms with Gasteiger partial charge in [-0.2, -0.15) is 0 Å². The van der Waals surface area contributed by atoms with Gasteiger partial charge in [0, 0.05) is 45.9 Å². The van der Waals surface area contributed by atoms with Crippen LogP contribution in [0.2, 0.25) is 0 Å². The molecule has 0 unspecified atom stereocenters. The maximum absolute atomic E-state index is 13.5. The molecule has 2 aromatic heterocycles. The zero-order chi connectivity index (χ0) is 31.3. The molecule has 2 atom stereocenters. The van der Waals surface area contributed by atoms with E-state index in [4.69, 9.17) is 14.2 Å². The van der Waals surface area contributed by atoms with Crippen molar-refractivity contribution in [1.82, 2.24) is 29.7 Å². The summed E-state index contributed by atoms with van der Waals surface area (Å²) < 4.78 is 19.6. The molecule has 0 aliphatic carbocycles. The molecule has 2 aromatic carbocycles. The van der Waals surface area contributed by atoms with Crippen LogP contribution in [0.15, 0.2) is 67.0 Å². The fraction of sp³-hybridized carbons (Fsp3) is 0.364. The normalized spacial score (nSPS) is 18.9. The monoisotopic (exact) mass is 612 g/mol. The van der Waals surface area contributed by atoms with Crippen LogP contribution in [0.25, 0.3) is 11.0 Å². The minimum atomic E-state index is -0.464. The number of methoxy groups -OCH3 is 1. The number of benzene rings is 2. The third-order valence-electron chi connectivity index (χ3n) is 8.11. The first-order valence-electron chi connectivity index (χ1n) is 15.0. The summed E-state index contributed by atoms with van der Waals surface area (Å²) in [4.78, 5) is 52.3. The van der Waals surface area contributed by atoms with Gasteiger partial charge in [0.25, 0.3) is 5.91 Å². The molecule has 0 radical (unpaired) electrons. The average Bonchev–Trinajstić information content (AvgIpc) is 3.59. The van der Waals surface area contributed by atoms with E-state index < -0.39 is 12.1 Å². The van der Waals surface area contributed by atoms with Gasteiger partial charge in [-0.15, -0.1) is 0 Å². The molecule has 4 bridgehead atoms. The number of ether oxygens (including phenoxy) is 3. The standard InChI is InChI=1S/C33H36N6O6/c1-22-35-27-8-3-4-9-29(27)39(22)11-10-32(41)38-18-28-30(19-38)44-21-23-6-5-7-25(14-23)45-26-15-24(16-34-17-26)33(42)37(12-13-43-2)20-31(40)36-28/h3-9,14-17,28,30H,10-13,18-21H2,1-2H3,(H,36,40)/t28-,30-/m0/s1. The number of carbonyl (C=O) groups is 3. The predicted octanol–water partition coefficient (Wildman–Crippen LogP) is 2.94. The second kappa shape index (κ2) is 13.4. The minimum Gasteiger partial charge on any atom is -0.456 e. The number of imidazole rings is 1. The van der Waals surface area contributed by atoms with Crippen molar-refractivity contribution < 1.29 is 28.6 Å². The van der Waals surface area contributed by atoms with E-state index in [0.29, 0.717) is 36.7 Å². The summed E-state index contributed by atoms with van der Waals surface area (Å²) >= 11 is 0. The maximum atomic E-state index is 13.5. The van der Waals surface area contributed by atoms with Crippen LogP contribution in [0, 0.1) is 6.92 Å². The molecule has 12 nitrogen and oxygen atoms in total. The van der Waals surface area contributed by atoms with Crippen molar-refractivity contribution in [2.75, 3.05) is 39.9 Å². The molecule has 4 heterocycles. The summed E-state index contributed by atoms with van der Waals surface area (Å²) in [5.74, 6) is 1.04. The Morgan fingerprint density at radius 1 is 1.04 bits per heavy atom. The van der Waals surface area contributed by atoms with Gasteiger partial charge < -0.3 is 33.9 Å². The molecule has 1 saturated heterocycles. The van der Waals surface area contributed by atoms with Gasteiger partial charge in [-0.25, -0.2) is 4.98 Å². The van der Waals surface area contributed by atoms with E-state index in [1.54, 1.807) is 11.0 Å². The number of aryl methyl sites for hydroxylation is 2. The van der Waals surface area contributed by atoms with Gasteiger partial charge in [-0.1, -0.05) is 24.3 Å². The third kappa shape index (κ3) is 6.97. The molecule has 4 aromatic rings. The quantitative estimate of drug-likeness (QED) is 0.352. The SMILES string of the molecule is COCCN1CC(=O)N[C@H]2CN(C(=O)CCn3c(C)nc4ccccc43)C[C@@H]2OCc2cccc(c2)Oc2cncc(c2)C1=O. The molecular weight excluding hydrogens is 576 g/mol. The van der Waals surface area contributed by atoms with Crippen LogP contribution in [0.5, 0.6) is 11.5 Å². The lowest BCUT2D eigenvalue weighted by molar-refractivity contribution is -0.131. The number of likely N-dealkylation sites (tertiary alicyclic amines) is 1. The first-order chi connectivity index (χ1) is 21.9. The molecular formula is C33H36N6O6. The van der Waals surface area contributed by atoms with E-state index in [0.717, 1.165) is 22.4 Å². The van der Waals surface area contributed by atoms with Gasteiger partial charge >= 0.3 is 0 Å². The summed E-state index contributed by atoms with van der Waals surface area (Å²) in [7, 11) is 1.54. The van der Waals surface area contributed by atoms with Crippen molar-refractivity contribution in [3.63, 3.8) is 0 Å². The number of pyridine rings is 1. The van der Waals surface area contributed by atoms with E-state index in [1.165, 1.54) is 24.4 Å². The molecule has 6 rings (SSSR count). The van der Waals surface area contributed by atoms with Gasteiger partial charge in [0.2, 0.25) is 11.8 Å². The number of aromatic nitrogens is 3.